The summed E-state index contributed by atoms with van der Waals surface area (Å²) in [6.45, 7) is 3.88. The summed E-state index contributed by atoms with van der Waals surface area (Å²) in [6, 6.07) is 0. The van der Waals surface area contributed by atoms with Gasteiger partial charge < -0.3 is 4.74 Å². The number of carbonyl (C=O) groups excluding carboxylic acids is 1. The number of ether oxygens (including phenoxy) is 1. The Kier molecular flexibility index (Phi) is 6.49. The number of carbonyl (C=O) groups is 1. The summed E-state index contributed by atoms with van der Waals surface area (Å²) in [5.41, 5.74) is 0.525. The SMILES string of the molecule is CCCCCCC[C@H]1CC[C@H](C23CCC(OC(C)=O)(CC2)CC3)CC1. The van der Waals surface area contributed by atoms with E-state index < -0.39 is 0 Å². The van der Waals surface area contributed by atoms with E-state index in [2.05, 4.69) is 6.92 Å². The van der Waals surface area contributed by atoms with Gasteiger partial charge in [0.05, 0.1) is 0 Å². The summed E-state index contributed by atoms with van der Waals surface area (Å²) in [4.78, 5) is 11.4. The highest BCUT2D eigenvalue weighted by atomic mass is 16.6. The topological polar surface area (TPSA) is 26.3 Å². The molecule has 2 bridgehead atoms. The first-order valence-electron chi connectivity index (χ1n) is 11.3. The molecule has 0 aromatic rings. The third-order valence-corrected chi connectivity index (χ3v) is 8.02. The van der Waals surface area contributed by atoms with Gasteiger partial charge in [-0.3, -0.25) is 4.79 Å². The van der Waals surface area contributed by atoms with Crippen LogP contribution >= 0.6 is 0 Å². The molecule has 2 heteroatoms. The smallest absolute Gasteiger partial charge is 0.303 e. The number of esters is 1. The predicted octanol–water partition coefficient (Wildman–Crippen LogP) is 6.81. The summed E-state index contributed by atoms with van der Waals surface area (Å²) in [5, 5.41) is 0. The molecule has 144 valence electrons. The van der Waals surface area contributed by atoms with Crippen LogP contribution in [0.5, 0.6) is 0 Å². The molecule has 0 aliphatic heterocycles. The van der Waals surface area contributed by atoms with Crippen molar-refractivity contribution in [3.63, 3.8) is 0 Å². The van der Waals surface area contributed by atoms with Crippen LogP contribution in [-0.4, -0.2) is 11.6 Å². The number of fused-ring (bicyclic) bond motifs is 3. The second kappa shape index (κ2) is 8.44. The summed E-state index contributed by atoms with van der Waals surface area (Å²) in [6.07, 6.45) is 21.9. The van der Waals surface area contributed by atoms with Gasteiger partial charge in [0.15, 0.2) is 0 Å². The third-order valence-electron chi connectivity index (χ3n) is 8.02. The van der Waals surface area contributed by atoms with Crippen molar-refractivity contribution in [1.29, 1.82) is 0 Å². The fraction of sp³-hybridized carbons (Fsp3) is 0.957. The van der Waals surface area contributed by atoms with E-state index in [1.165, 1.54) is 83.5 Å². The van der Waals surface area contributed by atoms with E-state index in [-0.39, 0.29) is 11.6 Å². The van der Waals surface area contributed by atoms with Gasteiger partial charge in [-0.25, -0.2) is 0 Å². The van der Waals surface area contributed by atoms with E-state index in [4.69, 9.17) is 4.74 Å². The van der Waals surface area contributed by atoms with Gasteiger partial charge in [0.2, 0.25) is 0 Å². The van der Waals surface area contributed by atoms with Crippen molar-refractivity contribution in [1.82, 2.24) is 0 Å². The molecule has 4 fully saturated rings. The molecule has 0 radical (unpaired) electrons. The van der Waals surface area contributed by atoms with Gasteiger partial charge in [-0.1, -0.05) is 58.3 Å². The molecule has 0 saturated heterocycles. The van der Waals surface area contributed by atoms with Crippen molar-refractivity contribution in [2.75, 3.05) is 0 Å². The molecule has 4 aliphatic rings. The van der Waals surface area contributed by atoms with Crippen molar-refractivity contribution in [2.24, 2.45) is 17.3 Å². The first-order chi connectivity index (χ1) is 12.1. The Morgan fingerprint density at radius 1 is 0.880 bits per heavy atom. The number of unbranched alkanes of at least 4 members (excludes halogenated alkanes) is 4. The summed E-state index contributed by atoms with van der Waals surface area (Å²) in [5.74, 6) is 1.90. The Morgan fingerprint density at radius 2 is 1.48 bits per heavy atom. The molecule has 0 aromatic carbocycles. The molecule has 4 rings (SSSR count). The maximum Gasteiger partial charge on any atom is 0.303 e. The van der Waals surface area contributed by atoms with Crippen LogP contribution in [0.25, 0.3) is 0 Å². The second-order valence-electron chi connectivity index (χ2n) is 9.56. The maximum absolute atomic E-state index is 11.4. The standard InChI is InChI=1S/C23H40O2/c1-3-4-5-6-7-8-20-9-11-21(12-10-20)22-13-16-23(17-14-22,18-15-22)25-19(2)24/h20-21H,3-18H2,1-2H3/t20-,21-,22?,23?. The van der Waals surface area contributed by atoms with Gasteiger partial charge >= 0.3 is 5.97 Å². The van der Waals surface area contributed by atoms with Crippen molar-refractivity contribution < 1.29 is 9.53 Å². The lowest BCUT2D eigenvalue weighted by molar-refractivity contribution is -0.179. The Morgan fingerprint density at radius 3 is 2.04 bits per heavy atom. The molecule has 0 N–H and O–H groups in total. The lowest BCUT2D eigenvalue weighted by Gasteiger charge is -2.56. The maximum atomic E-state index is 11.4. The summed E-state index contributed by atoms with van der Waals surface area (Å²) in [7, 11) is 0. The van der Waals surface area contributed by atoms with E-state index in [1.54, 1.807) is 6.92 Å². The van der Waals surface area contributed by atoms with Crippen LogP contribution in [0.1, 0.15) is 117 Å². The molecule has 0 unspecified atom stereocenters. The largest absolute Gasteiger partial charge is 0.459 e. The van der Waals surface area contributed by atoms with Crippen LogP contribution in [0, 0.1) is 17.3 Å². The summed E-state index contributed by atoms with van der Waals surface area (Å²) >= 11 is 0. The van der Waals surface area contributed by atoms with Crippen LogP contribution in [0.2, 0.25) is 0 Å². The first-order valence-corrected chi connectivity index (χ1v) is 11.3. The number of rotatable bonds is 8. The van der Waals surface area contributed by atoms with Gasteiger partial charge in [0, 0.05) is 6.92 Å². The zero-order valence-electron chi connectivity index (χ0n) is 16.8. The molecule has 0 amide bonds. The number of hydrogen-bond donors (Lipinski definition) is 0. The Hall–Kier alpha value is -0.530. The zero-order valence-corrected chi connectivity index (χ0v) is 16.8. The fourth-order valence-electron chi connectivity index (χ4n) is 6.35. The minimum atomic E-state index is -0.0801. The molecule has 0 aromatic heterocycles. The Balaban J connectivity index is 1.41. The van der Waals surface area contributed by atoms with Crippen LogP contribution in [0.4, 0.5) is 0 Å². The van der Waals surface area contributed by atoms with E-state index in [1.807, 2.05) is 0 Å². The van der Waals surface area contributed by atoms with Crippen molar-refractivity contribution in [3.05, 3.63) is 0 Å². The van der Waals surface area contributed by atoms with Crippen molar-refractivity contribution >= 4 is 5.97 Å². The highest BCUT2D eigenvalue weighted by Crippen LogP contribution is 2.60. The third kappa shape index (κ3) is 4.61. The molecule has 0 heterocycles. The highest BCUT2D eigenvalue weighted by Gasteiger charge is 2.53. The van der Waals surface area contributed by atoms with E-state index in [0.29, 0.717) is 5.41 Å². The van der Waals surface area contributed by atoms with Crippen LogP contribution in [-0.2, 0) is 9.53 Å². The number of hydrogen-bond acceptors (Lipinski definition) is 2. The Labute approximate surface area is 155 Å². The normalized spacial score (nSPS) is 37.8. The van der Waals surface area contributed by atoms with E-state index in [9.17, 15) is 4.79 Å². The van der Waals surface area contributed by atoms with Gasteiger partial charge in [-0.15, -0.1) is 0 Å². The minimum absolute atomic E-state index is 0.0751. The molecule has 0 spiro atoms. The molecular formula is C23H40O2. The van der Waals surface area contributed by atoms with Gasteiger partial charge in [-0.2, -0.15) is 0 Å². The quantitative estimate of drug-likeness (QED) is 0.356. The molecular weight excluding hydrogens is 308 g/mol. The Bertz CT molecular complexity index is 409. The highest BCUT2D eigenvalue weighted by molar-refractivity contribution is 5.66. The lowest BCUT2D eigenvalue weighted by Crippen LogP contribution is -2.51. The van der Waals surface area contributed by atoms with Crippen molar-refractivity contribution in [2.45, 2.75) is 122 Å². The van der Waals surface area contributed by atoms with Crippen LogP contribution < -0.4 is 0 Å². The molecule has 2 nitrogen and oxygen atoms in total. The monoisotopic (exact) mass is 348 g/mol. The second-order valence-corrected chi connectivity index (χ2v) is 9.56. The average Bonchev–Trinajstić information content (AvgIpc) is 2.63. The van der Waals surface area contributed by atoms with Crippen LogP contribution in [0.15, 0.2) is 0 Å². The minimum Gasteiger partial charge on any atom is -0.459 e. The molecule has 4 aliphatic carbocycles. The fourth-order valence-corrected chi connectivity index (χ4v) is 6.35. The van der Waals surface area contributed by atoms with E-state index in [0.717, 1.165) is 31.1 Å². The van der Waals surface area contributed by atoms with Crippen LogP contribution in [0.3, 0.4) is 0 Å². The van der Waals surface area contributed by atoms with Crippen molar-refractivity contribution in [3.8, 4) is 0 Å². The lowest BCUT2D eigenvalue weighted by atomic mass is 9.51. The predicted molar refractivity (Wildman–Crippen MR) is 103 cm³/mol. The zero-order chi connectivity index (χ0) is 17.8. The molecule has 4 saturated carbocycles. The average molecular weight is 349 g/mol. The van der Waals surface area contributed by atoms with Gasteiger partial charge in [0.25, 0.3) is 0 Å². The van der Waals surface area contributed by atoms with E-state index >= 15 is 0 Å². The molecule has 0 atom stereocenters. The summed E-state index contributed by atoms with van der Waals surface area (Å²) < 4.78 is 5.75. The molecule has 25 heavy (non-hydrogen) atoms. The van der Waals surface area contributed by atoms with Gasteiger partial charge in [-0.05, 0) is 68.6 Å². The first kappa shape index (κ1) is 19.2. The van der Waals surface area contributed by atoms with Gasteiger partial charge in [0.1, 0.15) is 5.60 Å².